The van der Waals surface area contributed by atoms with Crippen LogP contribution in [-0.4, -0.2) is 26.0 Å². The molecule has 7 nitrogen and oxygen atoms in total. The van der Waals surface area contributed by atoms with Crippen molar-refractivity contribution >= 4 is 34.4 Å². The van der Waals surface area contributed by atoms with Gasteiger partial charge in [0, 0.05) is 18.5 Å². The molecule has 4 aromatic rings. The smallest absolute Gasteiger partial charge is 0.227 e. The molecule has 8 heteroatoms. The Morgan fingerprint density at radius 2 is 2.03 bits per heavy atom. The SMILES string of the molecule is Cc1ccc(C)c(NC(=O)CCc2nc(CSc3nc4ccccc4[nH]3)no2)c1. The Kier molecular flexibility index (Phi) is 5.62. The van der Waals surface area contributed by atoms with Crippen molar-refractivity contribution < 1.29 is 9.32 Å². The summed E-state index contributed by atoms with van der Waals surface area (Å²) in [6, 6.07) is 13.9. The van der Waals surface area contributed by atoms with E-state index in [4.69, 9.17) is 4.52 Å². The van der Waals surface area contributed by atoms with Gasteiger partial charge in [-0.25, -0.2) is 4.98 Å². The zero-order chi connectivity index (χ0) is 20.2. The fourth-order valence-corrected chi connectivity index (χ4v) is 3.61. The van der Waals surface area contributed by atoms with Crippen LogP contribution in [-0.2, 0) is 17.0 Å². The molecular weight excluding hydrogens is 386 g/mol. The molecule has 0 saturated heterocycles. The summed E-state index contributed by atoms with van der Waals surface area (Å²) in [7, 11) is 0. The number of imidazole rings is 1. The van der Waals surface area contributed by atoms with Crippen LogP contribution >= 0.6 is 11.8 Å². The summed E-state index contributed by atoms with van der Waals surface area (Å²) in [6.07, 6.45) is 0.685. The number of rotatable bonds is 7. The Balaban J connectivity index is 1.28. The number of hydrogen-bond acceptors (Lipinski definition) is 6. The van der Waals surface area contributed by atoms with E-state index >= 15 is 0 Å². The van der Waals surface area contributed by atoms with Crippen LogP contribution in [0.15, 0.2) is 52.1 Å². The summed E-state index contributed by atoms with van der Waals surface area (Å²) in [5.74, 6) is 1.51. The standard InChI is InChI=1S/C21H21N5O2S/c1-13-7-8-14(2)17(11-13)22-19(27)9-10-20-25-18(26-28-20)12-29-21-23-15-5-3-4-6-16(15)24-21/h3-8,11H,9-10,12H2,1-2H3,(H,22,27)(H,23,24). The number of aromatic nitrogens is 4. The van der Waals surface area contributed by atoms with E-state index < -0.39 is 0 Å². The highest BCUT2D eigenvalue weighted by molar-refractivity contribution is 7.98. The van der Waals surface area contributed by atoms with Gasteiger partial charge in [0.1, 0.15) is 0 Å². The molecule has 0 spiro atoms. The normalized spacial score (nSPS) is 11.1. The molecule has 0 radical (unpaired) electrons. The maximum Gasteiger partial charge on any atom is 0.227 e. The van der Waals surface area contributed by atoms with Gasteiger partial charge in [-0.2, -0.15) is 4.98 Å². The first-order valence-corrected chi connectivity index (χ1v) is 10.3. The first-order valence-electron chi connectivity index (χ1n) is 9.33. The number of nitrogens with zero attached hydrogens (tertiary/aromatic N) is 3. The predicted molar refractivity (Wildman–Crippen MR) is 113 cm³/mol. The van der Waals surface area contributed by atoms with Gasteiger partial charge >= 0.3 is 0 Å². The first-order chi connectivity index (χ1) is 14.1. The predicted octanol–water partition coefficient (Wildman–Crippen LogP) is 4.43. The Morgan fingerprint density at radius 3 is 2.90 bits per heavy atom. The van der Waals surface area contributed by atoms with Crippen molar-refractivity contribution in [2.24, 2.45) is 0 Å². The molecule has 0 aliphatic carbocycles. The van der Waals surface area contributed by atoms with Gasteiger partial charge < -0.3 is 14.8 Å². The summed E-state index contributed by atoms with van der Waals surface area (Å²) >= 11 is 1.51. The number of anilines is 1. The zero-order valence-electron chi connectivity index (χ0n) is 16.2. The minimum Gasteiger partial charge on any atom is -0.339 e. The van der Waals surface area contributed by atoms with Crippen LogP contribution in [0.4, 0.5) is 5.69 Å². The number of para-hydroxylation sites is 2. The second kappa shape index (κ2) is 8.48. The molecule has 148 valence electrons. The van der Waals surface area contributed by atoms with Crippen molar-refractivity contribution in [3.63, 3.8) is 0 Å². The monoisotopic (exact) mass is 407 g/mol. The van der Waals surface area contributed by atoms with Gasteiger partial charge in [0.15, 0.2) is 11.0 Å². The van der Waals surface area contributed by atoms with E-state index in [0.717, 1.165) is 33.0 Å². The topological polar surface area (TPSA) is 96.7 Å². The van der Waals surface area contributed by atoms with Gasteiger partial charge in [0.05, 0.1) is 16.8 Å². The number of fused-ring (bicyclic) bond motifs is 1. The third kappa shape index (κ3) is 4.83. The third-order valence-corrected chi connectivity index (χ3v) is 5.32. The number of amides is 1. The molecule has 1 amide bonds. The summed E-state index contributed by atoms with van der Waals surface area (Å²) in [5.41, 5.74) is 4.90. The van der Waals surface area contributed by atoms with Crippen LogP contribution in [0.3, 0.4) is 0 Å². The zero-order valence-corrected chi connectivity index (χ0v) is 17.0. The third-order valence-electron chi connectivity index (χ3n) is 4.45. The number of carbonyl (C=O) groups excluding carboxylic acids is 1. The van der Waals surface area contributed by atoms with Crippen LogP contribution < -0.4 is 5.32 Å². The molecule has 0 unspecified atom stereocenters. The number of nitrogens with one attached hydrogen (secondary N) is 2. The van der Waals surface area contributed by atoms with Crippen LogP contribution in [0, 0.1) is 13.8 Å². The number of H-pyrrole nitrogens is 1. The number of carbonyl (C=O) groups is 1. The lowest BCUT2D eigenvalue weighted by Crippen LogP contribution is -2.13. The molecule has 0 saturated carbocycles. The second-order valence-corrected chi connectivity index (χ2v) is 7.78. The van der Waals surface area contributed by atoms with Crippen molar-refractivity contribution in [1.82, 2.24) is 20.1 Å². The summed E-state index contributed by atoms with van der Waals surface area (Å²) in [6.45, 7) is 3.97. The Hall–Kier alpha value is -3.13. The summed E-state index contributed by atoms with van der Waals surface area (Å²) in [4.78, 5) is 24.4. The summed E-state index contributed by atoms with van der Waals surface area (Å²) in [5, 5.41) is 7.75. The highest BCUT2D eigenvalue weighted by Crippen LogP contribution is 2.22. The van der Waals surface area contributed by atoms with E-state index in [1.165, 1.54) is 11.8 Å². The summed E-state index contributed by atoms with van der Waals surface area (Å²) < 4.78 is 5.27. The largest absolute Gasteiger partial charge is 0.339 e. The van der Waals surface area contributed by atoms with Crippen LogP contribution in [0.1, 0.15) is 29.3 Å². The molecule has 2 N–H and O–H groups in total. The average molecular weight is 407 g/mol. The van der Waals surface area contributed by atoms with Gasteiger partial charge in [0.2, 0.25) is 11.8 Å². The molecule has 0 bridgehead atoms. The Labute approximate surface area is 172 Å². The Morgan fingerprint density at radius 1 is 1.17 bits per heavy atom. The lowest BCUT2D eigenvalue weighted by Gasteiger charge is -2.08. The quantitative estimate of drug-likeness (QED) is 0.440. The van der Waals surface area contributed by atoms with E-state index in [-0.39, 0.29) is 12.3 Å². The van der Waals surface area contributed by atoms with E-state index in [0.29, 0.717) is 23.9 Å². The van der Waals surface area contributed by atoms with E-state index in [1.54, 1.807) is 0 Å². The van der Waals surface area contributed by atoms with E-state index in [9.17, 15) is 4.79 Å². The molecular formula is C21H21N5O2S. The highest BCUT2D eigenvalue weighted by atomic mass is 32.2. The van der Waals surface area contributed by atoms with Crippen molar-refractivity contribution in [3.05, 3.63) is 65.3 Å². The minimum atomic E-state index is -0.0740. The van der Waals surface area contributed by atoms with E-state index in [2.05, 4.69) is 25.4 Å². The van der Waals surface area contributed by atoms with Crippen molar-refractivity contribution in [3.8, 4) is 0 Å². The van der Waals surface area contributed by atoms with Crippen molar-refractivity contribution in [1.29, 1.82) is 0 Å². The lowest BCUT2D eigenvalue weighted by molar-refractivity contribution is -0.116. The lowest BCUT2D eigenvalue weighted by atomic mass is 10.1. The van der Waals surface area contributed by atoms with Crippen LogP contribution in [0.25, 0.3) is 11.0 Å². The molecule has 4 rings (SSSR count). The van der Waals surface area contributed by atoms with Crippen molar-refractivity contribution in [2.75, 3.05) is 5.32 Å². The molecule has 0 aliphatic heterocycles. The van der Waals surface area contributed by atoms with Gasteiger partial charge in [0.25, 0.3) is 0 Å². The first kappa shape index (κ1) is 19.2. The van der Waals surface area contributed by atoms with Crippen LogP contribution in [0.2, 0.25) is 0 Å². The maximum absolute atomic E-state index is 12.2. The number of aromatic amines is 1. The number of benzene rings is 2. The van der Waals surface area contributed by atoms with Gasteiger partial charge in [-0.1, -0.05) is 41.2 Å². The Bertz CT molecular complexity index is 1120. The van der Waals surface area contributed by atoms with Gasteiger partial charge in [-0.15, -0.1) is 0 Å². The second-order valence-electron chi connectivity index (χ2n) is 6.82. The minimum absolute atomic E-state index is 0.0740. The molecule has 0 aliphatic rings. The van der Waals surface area contributed by atoms with Gasteiger partial charge in [-0.3, -0.25) is 4.79 Å². The molecule has 2 aromatic carbocycles. The molecule has 0 fully saturated rings. The van der Waals surface area contributed by atoms with Gasteiger partial charge in [-0.05, 0) is 43.2 Å². The maximum atomic E-state index is 12.2. The van der Waals surface area contributed by atoms with E-state index in [1.807, 2.05) is 56.3 Å². The fourth-order valence-electron chi connectivity index (χ4n) is 2.88. The average Bonchev–Trinajstić information content (AvgIpc) is 3.34. The molecule has 2 heterocycles. The fraction of sp³-hybridized carbons (Fsp3) is 0.238. The molecule has 0 atom stereocenters. The van der Waals surface area contributed by atoms with Crippen LogP contribution in [0.5, 0.6) is 0 Å². The molecule has 29 heavy (non-hydrogen) atoms. The molecule has 2 aromatic heterocycles. The number of hydrogen-bond donors (Lipinski definition) is 2. The number of aryl methyl sites for hydroxylation is 3. The number of thioether (sulfide) groups is 1. The highest BCUT2D eigenvalue weighted by Gasteiger charge is 2.12. The van der Waals surface area contributed by atoms with Crippen molar-refractivity contribution in [2.45, 2.75) is 37.6 Å².